The molecule has 4 rings (SSSR count). The highest BCUT2D eigenvalue weighted by atomic mass is 32.7. The van der Waals surface area contributed by atoms with E-state index in [1.54, 1.807) is 17.8 Å². The van der Waals surface area contributed by atoms with Crippen LogP contribution in [0.3, 0.4) is 0 Å². The van der Waals surface area contributed by atoms with Crippen molar-refractivity contribution in [1.29, 1.82) is 0 Å². The van der Waals surface area contributed by atoms with E-state index in [9.17, 15) is 9.59 Å². The Morgan fingerprint density at radius 1 is 1.32 bits per heavy atom. The van der Waals surface area contributed by atoms with Crippen LogP contribution in [0.1, 0.15) is 56.7 Å². The summed E-state index contributed by atoms with van der Waals surface area (Å²) in [4.78, 5) is 21.7. The van der Waals surface area contributed by atoms with Crippen molar-refractivity contribution in [3.8, 4) is 0 Å². The van der Waals surface area contributed by atoms with E-state index in [-0.39, 0.29) is 18.9 Å². The molecular weight excluding hydrogens is 393 g/mol. The van der Waals surface area contributed by atoms with Crippen LogP contribution in [0, 0.1) is 0 Å². The zero-order valence-corrected chi connectivity index (χ0v) is 18.9. The third kappa shape index (κ3) is 8.33. The monoisotopic (exact) mass is 427 g/mol. The molecule has 28 heavy (non-hydrogen) atoms. The van der Waals surface area contributed by atoms with Gasteiger partial charge in [0.2, 0.25) is 12.3 Å². The van der Waals surface area contributed by atoms with Gasteiger partial charge in [-0.2, -0.15) is 5.10 Å². The number of carbonyl (C=O) groups is 2. The molecule has 2 unspecified atom stereocenters. The Morgan fingerprint density at radius 3 is 2.57 bits per heavy atom. The largest absolute Gasteiger partial charge is 0.353 e. The quantitative estimate of drug-likeness (QED) is 0.242. The van der Waals surface area contributed by atoms with E-state index in [0.29, 0.717) is 12.6 Å². The van der Waals surface area contributed by atoms with E-state index < -0.39 is 0 Å². The van der Waals surface area contributed by atoms with Crippen LogP contribution in [-0.4, -0.2) is 47.4 Å². The SMILES string of the molecule is C=C.CC.CP(SNC=O)C1CC1.O=C(NC1CC1)C1CNCc2cn[nH]c21. The van der Waals surface area contributed by atoms with Gasteiger partial charge in [0.25, 0.3) is 0 Å². The molecule has 2 fully saturated rings. The first-order valence-electron chi connectivity index (χ1n) is 9.81. The van der Waals surface area contributed by atoms with Crippen LogP contribution < -0.4 is 15.4 Å². The van der Waals surface area contributed by atoms with Crippen LogP contribution in [0.2, 0.25) is 0 Å². The number of aromatic nitrogens is 2. The highest BCUT2D eigenvalue weighted by molar-refractivity contribution is 8.55. The van der Waals surface area contributed by atoms with Gasteiger partial charge in [0.15, 0.2) is 0 Å². The van der Waals surface area contributed by atoms with E-state index in [1.165, 1.54) is 12.8 Å². The van der Waals surface area contributed by atoms with Gasteiger partial charge in [0, 0.05) is 24.7 Å². The number of H-pyrrole nitrogens is 1. The smallest absolute Gasteiger partial charge is 0.230 e. The van der Waals surface area contributed by atoms with Gasteiger partial charge in [-0.05, 0) is 56.7 Å². The van der Waals surface area contributed by atoms with Crippen molar-refractivity contribution < 1.29 is 9.59 Å². The van der Waals surface area contributed by atoms with Crippen molar-refractivity contribution in [3.05, 3.63) is 30.6 Å². The summed E-state index contributed by atoms with van der Waals surface area (Å²) < 4.78 is 2.63. The predicted octanol–water partition coefficient (Wildman–Crippen LogP) is 3.27. The van der Waals surface area contributed by atoms with Crippen LogP contribution in [0.5, 0.6) is 0 Å². The first kappa shape index (κ1) is 24.7. The number of rotatable bonds is 6. The van der Waals surface area contributed by atoms with Crippen molar-refractivity contribution in [1.82, 2.24) is 25.6 Å². The zero-order chi connectivity index (χ0) is 20.9. The van der Waals surface area contributed by atoms with Gasteiger partial charge < -0.3 is 10.6 Å². The number of hydrogen-bond acceptors (Lipinski definition) is 5. The summed E-state index contributed by atoms with van der Waals surface area (Å²) in [5.41, 5.74) is 3.02. The second kappa shape index (κ2) is 13.7. The van der Waals surface area contributed by atoms with Gasteiger partial charge in [-0.1, -0.05) is 13.8 Å². The number of nitrogens with one attached hydrogen (secondary N) is 4. The Kier molecular flexibility index (Phi) is 12.1. The zero-order valence-electron chi connectivity index (χ0n) is 17.2. The molecule has 2 amide bonds. The number of hydrogen-bond donors (Lipinski definition) is 4. The molecular formula is C19H34N5O2PS. The fourth-order valence-corrected chi connectivity index (χ4v) is 5.53. The average molecular weight is 428 g/mol. The minimum atomic E-state index is -0.100. The van der Waals surface area contributed by atoms with Crippen LogP contribution in [-0.2, 0) is 16.1 Å². The lowest BCUT2D eigenvalue weighted by molar-refractivity contribution is -0.122. The Bertz CT molecular complexity index is 593. The van der Waals surface area contributed by atoms with Crippen LogP contribution >= 0.6 is 18.7 Å². The van der Waals surface area contributed by atoms with Crippen molar-refractivity contribution in [2.75, 3.05) is 13.2 Å². The fourth-order valence-electron chi connectivity index (χ4n) is 2.59. The molecule has 1 aliphatic heterocycles. The molecule has 1 aromatic heterocycles. The maximum Gasteiger partial charge on any atom is 0.230 e. The second-order valence-electron chi connectivity index (χ2n) is 6.38. The van der Waals surface area contributed by atoms with Crippen molar-refractivity contribution in [2.24, 2.45) is 0 Å². The van der Waals surface area contributed by atoms with Crippen LogP contribution in [0.15, 0.2) is 19.4 Å². The first-order valence-corrected chi connectivity index (χ1v) is 13.1. The molecule has 7 nitrogen and oxygen atoms in total. The van der Waals surface area contributed by atoms with E-state index in [2.05, 4.69) is 45.4 Å². The van der Waals surface area contributed by atoms with E-state index in [1.807, 2.05) is 13.8 Å². The first-order chi connectivity index (χ1) is 13.7. The molecule has 0 bridgehead atoms. The number of aromatic amines is 1. The molecule has 0 saturated heterocycles. The van der Waals surface area contributed by atoms with Gasteiger partial charge >= 0.3 is 0 Å². The van der Waals surface area contributed by atoms with Gasteiger partial charge in [0.1, 0.15) is 0 Å². The van der Waals surface area contributed by atoms with Crippen LogP contribution in [0.25, 0.3) is 0 Å². The molecule has 2 atom stereocenters. The fraction of sp³-hybridized carbons (Fsp3) is 0.632. The Hall–Kier alpha value is -1.37. The lowest BCUT2D eigenvalue weighted by Crippen LogP contribution is -2.39. The number of nitrogens with zero attached hydrogens (tertiary/aromatic N) is 1. The predicted molar refractivity (Wildman–Crippen MR) is 119 cm³/mol. The van der Waals surface area contributed by atoms with E-state index >= 15 is 0 Å². The van der Waals surface area contributed by atoms with Gasteiger partial charge in [-0.25, -0.2) is 0 Å². The standard InChI is InChI=1S/C10H14N4O.C5H10NOPS.C2H6.C2H4/c15-10(13-7-1-2-7)8-5-11-3-6-4-12-14-9(6)8;1-8(5-2-3-5)9-6-4-7;2*1-2/h4,7-8,11H,1-3,5H2,(H,12,14)(H,13,15);4-5H,2-3H2,1H3,(H,6,7);1-2H3;1-2H2. The maximum atomic E-state index is 11.9. The molecule has 2 saturated carbocycles. The Balaban J connectivity index is 0.000000260. The van der Waals surface area contributed by atoms with Gasteiger partial charge in [0.05, 0.1) is 17.8 Å². The summed E-state index contributed by atoms with van der Waals surface area (Å²) >= 11 is 1.59. The summed E-state index contributed by atoms with van der Waals surface area (Å²) in [7, 11) is 0.0400. The highest BCUT2D eigenvalue weighted by Gasteiger charge is 2.32. The van der Waals surface area contributed by atoms with Crippen molar-refractivity contribution in [2.45, 2.75) is 63.7 Å². The molecule has 0 radical (unpaired) electrons. The van der Waals surface area contributed by atoms with Crippen molar-refractivity contribution in [3.63, 3.8) is 0 Å². The lowest BCUT2D eigenvalue weighted by Gasteiger charge is -2.21. The number of carbonyl (C=O) groups excluding carboxylic acids is 2. The summed E-state index contributed by atoms with van der Waals surface area (Å²) in [6.07, 6.45) is 7.54. The summed E-state index contributed by atoms with van der Waals surface area (Å²) in [6, 6.07) is 0.422. The molecule has 9 heteroatoms. The normalized spacial score (nSPS) is 20.3. The molecule has 0 aromatic carbocycles. The molecule has 0 spiro atoms. The van der Waals surface area contributed by atoms with E-state index in [4.69, 9.17) is 0 Å². The third-order valence-electron chi connectivity index (χ3n) is 4.31. The molecule has 1 aromatic rings. The average Bonchev–Trinajstić information content (AvgIpc) is 3.68. The minimum absolute atomic E-state index is 0.0400. The number of fused-ring (bicyclic) bond motifs is 1. The van der Waals surface area contributed by atoms with Crippen LogP contribution in [0.4, 0.5) is 0 Å². The summed E-state index contributed by atoms with van der Waals surface area (Å²) in [5, 5.41) is 13.2. The summed E-state index contributed by atoms with van der Waals surface area (Å²) in [6.45, 7) is 13.7. The summed E-state index contributed by atoms with van der Waals surface area (Å²) in [5.74, 6) is 0.0204. The van der Waals surface area contributed by atoms with Gasteiger partial charge in [-0.15, -0.1) is 13.2 Å². The third-order valence-corrected chi connectivity index (χ3v) is 8.42. The van der Waals surface area contributed by atoms with Gasteiger partial charge in [-0.3, -0.25) is 19.4 Å². The molecule has 3 aliphatic rings. The molecule has 158 valence electrons. The topological polar surface area (TPSA) is 98.9 Å². The Morgan fingerprint density at radius 2 is 2.00 bits per heavy atom. The molecule has 2 heterocycles. The molecule has 2 aliphatic carbocycles. The molecule has 4 N–H and O–H groups in total. The maximum absolute atomic E-state index is 11.9. The second-order valence-corrected chi connectivity index (χ2v) is 10.9. The minimum Gasteiger partial charge on any atom is -0.353 e. The van der Waals surface area contributed by atoms with Crippen molar-refractivity contribution >= 4 is 31.0 Å². The number of amides is 2. The lowest BCUT2D eigenvalue weighted by atomic mass is 9.97. The van der Waals surface area contributed by atoms with E-state index in [0.717, 1.165) is 42.7 Å². The highest BCUT2D eigenvalue weighted by Crippen LogP contribution is 2.58. The Labute approximate surface area is 173 Å².